The maximum atomic E-state index is 12.7. The highest BCUT2D eigenvalue weighted by molar-refractivity contribution is 5.80. The highest BCUT2D eigenvalue weighted by atomic mass is 16.6. The van der Waals surface area contributed by atoms with Crippen molar-refractivity contribution in [3.05, 3.63) is 74.3 Å². The van der Waals surface area contributed by atoms with Crippen LogP contribution in [-0.2, 0) is 17.9 Å². The number of oxazole rings is 1. The zero-order chi connectivity index (χ0) is 21.3. The molecule has 30 heavy (non-hydrogen) atoms. The molecule has 0 N–H and O–H groups in total. The summed E-state index contributed by atoms with van der Waals surface area (Å²) in [6.45, 7) is 5.44. The van der Waals surface area contributed by atoms with Crippen LogP contribution in [0.3, 0.4) is 0 Å². The quantitative estimate of drug-likeness (QED) is 0.472. The molecule has 2 aromatic carbocycles. The second kappa shape index (κ2) is 8.11. The Kier molecular flexibility index (Phi) is 5.37. The molecular formula is C21H22N4O5. The van der Waals surface area contributed by atoms with E-state index in [2.05, 4.69) is 30.0 Å². The molecule has 1 fully saturated rings. The number of non-ortho nitro benzene ring substituents is 1. The monoisotopic (exact) mass is 410 g/mol. The predicted octanol–water partition coefficient (Wildman–Crippen LogP) is 2.16. The first kappa shape index (κ1) is 19.8. The number of hydrogen-bond acceptors (Lipinski definition) is 6. The summed E-state index contributed by atoms with van der Waals surface area (Å²) in [6.07, 6.45) is 0. The van der Waals surface area contributed by atoms with Crippen LogP contribution in [0.2, 0.25) is 0 Å². The van der Waals surface area contributed by atoms with Crippen LogP contribution in [0.4, 0.5) is 5.69 Å². The van der Waals surface area contributed by atoms with Gasteiger partial charge in [-0.2, -0.15) is 0 Å². The standard InChI is InChI=1S/C21H22N4O5/c1-15-3-2-4-16(11-15)13-22-7-9-23(10-8-22)20(26)14-24-18-6-5-17(25(28)29)12-19(18)30-21(24)27/h2-6,11-12H,7-10,13-14H2,1H3. The molecule has 2 heterocycles. The van der Waals surface area contributed by atoms with Crippen molar-refractivity contribution in [1.82, 2.24) is 14.4 Å². The summed E-state index contributed by atoms with van der Waals surface area (Å²) < 4.78 is 6.32. The van der Waals surface area contributed by atoms with Gasteiger partial charge < -0.3 is 9.32 Å². The van der Waals surface area contributed by atoms with E-state index in [4.69, 9.17) is 4.42 Å². The maximum absolute atomic E-state index is 12.7. The highest BCUT2D eigenvalue weighted by Gasteiger charge is 2.23. The Labute approximate surface area is 172 Å². The first-order chi connectivity index (χ1) is 14.4. The molecule has 0 aliphatic carbocycles. The zero-order valence-corrected chi connectivity index (χ0v) is 16.6. The third kappa shape index (κ3) is 4.11. The molecule has 0 unspecified atom stereocenters. The zero-order valence-electron chi connectivity index (χ0n) is 16.6. The smallest absolute Gasteiger partial charge is 0.407 e. The van der Waals surface area contributed by atoms with E-state index in [1.165, 1.54) is 33.9 Å². The number of nitro benzene ring substituents is 1. The Morgan fingerprint density at radius 1 is 1.13 bits per heavy atom. The van der Waals surface area contributed by atoms with Crippen LogP contribution in [-0.4, -0.2) is 51.4 Å². The lowest BCUT2D eigenvalue weighted by molar-refractivity contribution is -0.384. The van der Waals surface area contributed by atoms with Crippen molar-refractivity contribution in [1.29, 1.82) is 0 Å². The Hall–Kier alpha value is -3.46. The van der Waals surface area contributed by atoms with E-state index in [0.717, 1.165) is 19.6 Å². The molecule has 0 saturated carbocycles. The number of nitrogens with zero attached hydrogens (tertiary/aromatic N) is 4. The average Bonchev–Trinajstić information content (AvgIpc) is 3.03. The van der Waals surface area contributed by atoms with E-state index in [9.17, 15) is 19.7 Å². The van der Waals surface area contributed by atoms with Gasteiger partial charge in [-0.1, -0.05) is 29.8 Å². The fourth-order valence-electron chi connectivity index (χ4n) is 3.78. The van der Waals surface area contributed by atoms with Crippen molar-refractivity contribution in [3.8, 4) is 0 Å². The SMILES string of the molecule is Cc1cccc(CN2CCN(C(=O)Cn3c(=O)oc4cc([N+](=O)[O-])ccc43)CC2)c1. The van der Waals surface area contributed by atoms with Crippen molar-refractivity contribution in [2.45, 2.75) is 20.0 Å². The highest BCUT2D eigenvalue weighted by Crippen LogP contribution is 2.20. The van der Waals surface area contributed by atoms with E-state index < -0.39 is 10.7 Å². The molecule has 9 nitrogen and oxygen atoms in total. The van der Waals surface area contributed by atoms with Crippen molar-refractivity contribution < 1.29 is 14.1 Å². The first-order valence-electron chi connectivity index (χ1n) is 9.74. The minimum Gasteiger partial charge on any atom is -0.407 e. The number of carbonyl (C=O) groups is 1. The van der Waals surface area contributed by atoms with Crippen LogP contribution in [0.25, 0.3) is 11.1 Å². The van der Waals surface area contributed by atoms with Crippen LogP contribution < -0.4 is 5.76 Å². The number of nitro groups is 1. The molecule has 1 saturated heterocycles. The van der Waals surface area contributed by atoms with E-state index in [1.54, 1.807) is 4.90 Å². The summed E-state index contributed by atoms with van der Waals surface area (Å²) in [5, 5.41) is 10.9. The average molecular weight is 410 g/mol. The molecule has 9 heteroatoms. The van der Waals surface area contributed by atoms with Crippen LogP contribution in [0.5, 0.6) is 0 Å². The Balaban J connectivity index is 1.40. The van der Waals surface area contributed by atoms with Crippen molar-refractivity contribution >= 4 is 22.7 Å². The summed E-state index contributed by atoms with van der Waals surface area (Å²) in [5.41, 5.74) is 2.78. The largest absolute Gasteiger partial charge is 0.420 e. The van der Waals surface area contributed by atoms with Gasteiger partial charge in [0.1, 0.15) is 6.54 Å². The number of piperazine rings is 1. The second-order valence-corrected chi connectivity index (χ2v) is 7.51. The van der Waals surface area contributed by atoms with Gasteiger partial charge in [0.25, 0.3) is 5.69 Å². The molecule has 1 aliphatic heterocycles. The summed E-state index contributed by atoms with van der Waals surface area (Å²) in [7, 11) is 0. The van der Waals surface area contributed by atoms with Crippen molar-refractivity contribution in [2.24, 2.45) is 0 Å². The first-order valence-corrected chi connectivity index (χ1v) is 9.74. The van der Waals surface area contributed by atoms with E-state index in [1.807, 2.05) is 6.07 Å². The van der Waals surface area contributed by atoms with Gasteiger partial charge in [0.2, 0.25) is 5.91 Å². The van der Waals surface area contributed by atoms with Gasteiger partial charge in [-0.25, -0.2) is 4.79 Å². The lowest BCUT2D eigenvalue weighted by Crippen LogP contribution is -2.49. The second-order valence-electron chi connectivity index (χ2n) is 7.51. The van der Waals surface area contributed by atoms with Gasteiger partial charge in [0, 0.05) is 38.8 Å². The molecule has 1 aliphatic rings. The van der Waals surface area contributed by atoms with E-state index in [-0.39, 0.29) is 23.7 Å². The third-order valence-electron chi connectivity index (χ3n) is 5.37. The maximum Gasteiger partial charge on any atom is 0.420 e. The topological polar surface area (TPSA) is 102 Å². The Morgan fingerprint density at radius 2 is 1.90 bits per heavy atom. The molecule has 4 rings (SSSR count). The van der Waals surface area contributed by atoms with Crippen LogP contribution in [0.15, 0.2) is 51.7 Å². The van der Waals surface area contributed by atoms with Crippen molar-refractivity contribution in [2.75, 3.05) is 26.2 Å². The minimum absolute atomic E-state index is 0.102. The number of aromatic nitrogens is 1. The van der Waals surface area contributed by atoms with Gasteiger partial charge in [0.15, 0.2) is 5.58 Å². The number of aryl methyl sites for hydroxylation is 1. The number of rotatable bonds is 5. The summed E-state index contributed by atoms with van der Waals surface area (Å²) >= 11 is 0. The number of benzene rings is 2. The molecule has 1 aromatic heterocycles. The molecule has 0 spiro atoms. The van der Waals surface area contributed by atoms with Gasteiger partial charge in [0.05, 0.1) is 16.5 Å². The van der Waals surface area contributed by atoms with Gasteiger partial charge in [-0.05, 0) is 18.6 Å². The van der Waals surface area contributed by atoms with Gasteiger partial charge >= 0.3 is 5.76 Å². The number of fused-ring (bicyclic) bond motifs is 1. The van der Waals surface area contributed by atoms with Gasteiger partial charge in [-0.15, -0.1) is 0 Å². The molecule has 3 aromatic rings. The molecule has 1 amide bonds. The van der Waals surface area contributed by atoms with E-state index in [0.29, 0.717) is 18.6 Å². The lowest BCUT2D eigenvalue weighted by atomic mass is 10.1. The Morgan fingerprint density at radius 3 is 2.60 bits per heavy atom. The number of carbonyl (C=O) groups excluding carboxylic acids is 1. The fraction of sp³-hybridized carbons (Fsp3) is 0.333. The van der Waals surface area contributed by atoms with Crippen molar-refractivity contribution in [3.63, 3.8) is 0 Å². The van der Waals surface area contributed by atoms with E-state index >= 15 is 0 Å². The molecule has 0 atom stereocenters. The summed E-state index contributed by atoms with van der Waals surface area (Å²) in [4.78, 5) is 39.3. The summed E-state index contributed by atoms with van der Waals surface area (Å²) in [5.74, 6) is -0.870. The van der Waals surface area contributed by atoms with Crippen LogP contribution >= 0.6 is 0 Å². The predicted molar refractivity (Wildman–Crippen MR) is 110 cm³/mol. The third-order valence-corrected chi connectivity index (χ3v) is 5.37. The fourth-order valence-corrected chi connectivity index (χ4v) is 3.78. The van der Waals surface area contributed by atoms with Crippen LogP contribution in [0, 0.1) is 17.0 Å². The minimum atomic E-state index is -0.697. The molecule has 0 radical (unpaired) electrons. The van der Waals surface area contributed by atoms with Crippen LogP contribution in [0.1, 0.15) is 11.1 Å². The number of amides is 1. The Bertz CT molecular complexity index is 1160. The number of hydrogen-bond donors (Lipinski definition) is 0. The molecular weight excluding hydrogens is 388 g/mol. The normalized spacial score (nSPS) is 14.9. The summed E-state index contributed by atoms with van der Waals surface area (Å²) in [6, 6.07) is 12.3. The molecule has 0 bridgehead atoms. The molecule has 156 valence electrons. The lowest BCUT2D eigenvalue weighted by Gasteiger charge is -2.34. The van der Waals surface area contributed by atoms with Gasteiger partial charge in [-0.3, -0.25) is 24.4 Å².